The van der Waals surface area contributed by atoms with E-state index in [1.807, 2.05) is 61.3 Å². The van der Waals surface area contributed by atoms with Gasteiger partial charge in [-0.25, -0.2) is 4.79 Å². The van der Waals surface area contributed by atoms with Gasteiger partial charge >= 0.3 is 5.97 Å². The minimum Gasteiger partial charge on any atom is -0.480 e. The summed E-state index contributed by atoms with van der Waals surface area (Å²) in [6.45, 7) is 5.51. The lowest BCUT2D eigenvalue weighted by atomic mass is 9.90. The number of hydrogen-bond donors (Lipinski definition) is 2. The molecule has 1 aliphatic heterocycles. The Morgan fingerprint density at radius 3 is 2.56 bits per heavy atom. The number of ether oxygens (including phenoxy) is 1. The van der Waals surface area contributed by atoms with E-state index in [0.717, 1.165) is 55.0 Å². The Morgan fingerprint density at radius 1 is 1.07 bits per heavy atom. The van der Waals surface area contributed by atoms with Crippen LogP contribution in [-0.4, -0.2) is 77.2 Å². The predicted molar refractivity (Wildman–Crippen MR) is 172 cm³/mol. The van der Waals surface area contributed by atoms with Gasteiger partial charge in [-0.3, -0.25) is 9.69 Å². The van der Waals surface area contributed by atoms with Crippen molar-refractivity contribution >= 4 is 35.4 Å². The van der Waals surface area contributed by atoms with Gasteiger partial charge in [0, 0.05) is 36.6 Å². The van der Waals surface area contributed by atoms with Crippen LogP contribution in [0.4, 0.5) is 0 Å². The normalized spacial score (nSPS) is 20.7. The number of carbonyl (C=O) groups is 2. The molecular formula is C33H46N2O4S2. The van der Waals surface area contributed by atoms with Crippen molar-refractivity contribution in [2.75, 3.05) is 38.0 Å². The largest absolute Gasteiger partial charge is 0.480 e. The van der Waals surface area contributed by atoms with Gasteiger partial charge in [-0.15, -0.1) is 0 Å². The van der Waals surface area contributed by atoms with Gasteiger partial charge in [-0.2, -0.15) is 23.5 Å². The highest BCUT2D eigenvalue weighted by atomic mass is 32.2. The molecule has 1 aliphatic carbocycles. The number of carboxylic acid groups (broad SMARTS) is 1. The molecule has 2 aliphatic rings. The Kier molecular flexibility index (Phi) is 12.5. The van der Waals surface area contributed by atoms with E-state index in [0.29, 0.717) is 34.9 Å². The number of hydrogen-bond acceptors (Lipinski definition) is 6. The second kappa shape index (κ2) is 16.0. The molecular weight excluding hydrogens is 553 g/mol. The Balaban J connectivity index is 1.53. The van der Waals surface area contributed by atoms with Gasteiger partial charge in [0.2, 0.25) is 0 Å². The average Bonchev–Trinajstić information content (AvgIpc) is 3.37. The van der Waals surface area contributed by atoms with Crippen LogP contribution >= 0.6 is 23.5 Å². The van der Waals surface area contributed by atoms with E-state index in [1.165, 1.54) is 32.1 Å². The van der Waals surface area contributed by atoms with Gasteiger partial charge in [0.25, 0.3) is 5.91 Å². The molecule has 1 heterocycles. The molecule has 1 saturated heterocycles. The van der Waals surface area contributed by atoms with Crippen molar-refractivity contribution in [2.24, 2.45) is 5.92 Å². The van der Waals surface area contributed by atoms with E-state index in [2.05, 4.69) is 22.5 Å². The van der Waals surface area contributed by atoms with Gasteiger partial charge in [-0.1, -0.05) is 49.6 Å². The van der Waals surface area contributed by atoms with E-state index in [4.69, 9.17) is 4.74 Å². The number of nitrogens with zero attached hydrogens (tertiary/aromatic N) is 1. The first-order valence-electron chi connectivity index (χ1n) is 15.0. The Morgan fingerprint density at radius 2 is 1.85 bits per heavy atom. The first kappa shape index (κ1) is 31.9. The third-order valence-corrected chi connectivity index (χ3v) is 10.2. The van der Waals surface area contributed by atoms with Gasteiger partial charge < -0.3 is 15.2 Å². The summed E-state index contributed by atoms with van der Waals surface area (Å²) < 4.78 is 6.31. The smallest absolute Gasteiger partial charge is 0.326 e. The molecule has 4 rings (SSSR count). The number of amides is 1. The number of benzene rings is 2. The fourth-order valence-corrected chi connectivity index (χ4v) is 7.38. The number of aryl methyl sites for hydroxylation is 1. The Labute approximate surface area is 254 Å². The van der Waals surface area contributed by atoms with Crippen molar-refractivity contribution in [3.63, 3.8) is 0 Å². The minimum atomic E-state index is -1.00. The van der Waals surface area contributed by atoms with E-state index in [1.54, 1.807) is 11.8 Å². The molecule has 2 N–H and O–H groups in total. The number of rotatable bonds is 14. The van der Waals surface area contributed by atoms with Crippen molar-refractivity contribution in [1.82, 2.24) is 10.2 Å². The molecule has 2 aromatic rings. The molecule has 1 amide bonds. The maximum Gasteiger partial charge on any atom is 0.326 e. The maximum atomic E-state index is 13.5. The zero-order valence-corrected chi connectivity index (χ0v) is 26.4. The van der Waals surface area contributed by atoms with E-state index >= 15 is 0 Å². The minimum absolute atomic E-state index is 0.346. The van der Waals surface area contributed by atoms with Crippen molar-refractivity contribution in [3.8, 4) is 11.1 Å². The van der Waals surface area contributed by atoms with E-state index in [-0.39, 0.29) is 5.91 Å². The van der Waals surface area contributed by atoms with Crippen molar-refractivity contribution in [1.29, 1.82) is 0 Å². The van der Waals surface area contributed by atoms with Crippen LogP contribution in [0.3, 0.4) is 0 Å². The molecule has 224 valence electrons. The summed E-state index contributed by atoms with van der Waals surface area (Å²) in [5.41, 5.74) is 4.57. The summed E-state index contributed by atoms with van der Waals surface area (Å²) in [6.07, 6.45) is 12.3. The van der Waals surface area contributed by atoms with E-state index < -0.39 is 12.0 Å². The number of likely N-dealkylation sites (tertiary alicyclic amines) is 1. The van der Waals surface area contributed by atoms with Crippen LogP contribution in [0.5, 0.6) is 0 Å². The van der Waals surface area contributed by atoms with Crippen molar-refractivity contribution < 1.29 is 19.4 Å². The first-order chi connectivity index (χ1) is 19.9. The second-order valence-corrected chi connectivity index (χ2v) is 13.7. The van der Waals surface area contributed by atoms with Crippen LogP contribution < -0.4 is 5.32 Å². The summed E-state index contributed by atoms with van der Waals surface area (Å²) in [6, 6.07) is 13.6. The van der Waals surface area contributed by atoms with Crippen LogP contribution in [0, 0.1) is 12.8 Å². The zero-order valence-electron chi connectivity index (χ0n) is 24.8. The monoisotopic (exact) mass is 598 g/mol. The fourth-order valence-electron chi connectivity index (χ4n) is 6.15. The SMILES string of the molecule is CSCC[C@H](NC(=O)c1ccc(CN2C[C@@H](SC)C[C@@H]2COCC2CCCCC2)cc1-c1ccccc1C)C(=O)O. The molecule has 2 aromatic carbocycles. The highest BCUT2D eigenvalue weighted by Gasteiger charge is 2.32. The summed E-state index contributed by atoms with van der Waals surface area (Å²) in [7, 11) is 0. The Bertz CT molecular complexity index is 1150. The molecule has 41 heavy (non-hydrogen) atoms. The predicted octanol–water partition coefficient (Wildman–Crippen LogP) is 6.50. The molecule has 1 saturated carbocycles. The van der Waals surface area contributed by atoms with Gasteiger partial charge in [0.15, 0.2) is 0 Å². The highest BCUT2D eigenvalue weighted by Crippen LogP contribution is 2.32. The molecule has 0 bridgehead atoms. The van der Waals surface area contributed by atoms with Gasteiger partial charge in [0.05, 0.1) is 6.61 Å². The number of carbonyl (C=O) groups excluding carboxylic acids is 1. The summed E-state index contributed by atoms with van der Waals surface area (Å²) in [5, 5.41) is 13.1. The molecule has 2 fully saturated rings. The molecule has 8 heteroatoms. The standard InChI is InChI=1S/C33H46N2O4S2/c1-23-9-7-8-12-28(23)30-17-25(13-14-29(30)32(36)34-31(33(37)38)15-16-40-2)19-35-20-27(41-3)18-26(35)22-39-21-24-10-5-4-6-11-24/h7-9,12-14,17,24,26-27,31H,4-6,10-11,15-16,18-22H2,1-3H3,(H,34,36)(H,37,38)/t26-,27+,31+/m1/s1. The van der Waals surface area contributed by atoms with Crippen LogP contribution in [0.25, 0.3) is 11.1 Å². The zero-order chi connectivity index (χ0) is 29.2. The van der Waals surface area contributed by atoms with Gasteiger partial charge in [0.1, 0.15) is 6.04 Å². The lowest BCUT2D eigenvalue weighted by molar-refractivity contribution is -0.139. The molecule has 6 nitrogen and oxygen atoms in total. The average molecular weight is 599 g/mol. The fraction of sp³-hybridized carbons (Fsp3) is 0.576. The highest BCUT2D eigenvalue weighted by molar-refractivity contribution is 7.99. The van der Waals surface area contributed by atoms with Crippen LogP contribution in [-0.2, 0) is 16.1 Å². The van der Waals surface area contributed by atoms with Crippen LogP contribution in [0.1, 0.15) is 66.4 Å². The van der Waals surface area contributed by atoms with Crippen molar-refractivity contribution in [3.05, 3.63) is 59.2 Å². The molecule has 0 aromatic heterocycles. The van der Waals surface area contributed by atoms with E-state index in [9.17, 15) is 14.7 Å². The first-order valence-corrected chi connectivity index (χ1v) is 17.6. The quantitative estimate of drug-likeness (QED) is 0.257. The maximum absolute atomic E-state index is 13.5. The number of thioether (sulfide) groups is 2. The van der Waals surface area contributed by atoms with Gasteiger partial charge in [-0.05, 0) is 91.2 Å². The Hall–Kier alpha value is -2.00. The number of aliphatic carboxylic acids is 1. The third-order valence-electron chi connectivity index (χ3n) is 8.57. The topological polar surface area (TPSA) is 78.9 Å². The lowest BCUT2D eigenvalue weighted by Crippen LogP contribution is -2.41. The summed E-state index contributed by atoms with van der Waals surface area (Å²) >= 11 is 3.51. The molecule has 0 spiro atoms. The van der Waals surface area contributed by atoms with Crippen molar-refractivity contribution in [2.45, 2.75) is 75.7 Å². The third kappa shape index (κ3) is 8.99. The second-order valence-electron chi connectivity index (χ2n) is 11.6. The molecule has 0 radical (unpaired) electrons. The van der Waals surface area contributed by atoms with Crippen LogP contribution in [0.2, 0.25) is 0 Å². The molecule has 0 unspecified atom stereocenters. The number of carboxylic acids is 1. The summed E-state index contributed by atoms with van der Waals surface area (Å²) in [5.74, 6) is 0.0301. The lowest BCUT2D eigenvalue weighted by Gasteiger charge is -2.27. The van der Waals surface area contributed by atoms with Crippen LogP contribution in [0.15, 0.2) is 42.5 Å². The number of nitrogens with one attached hydrogen (secondary N) is 1. The molecule has 3 atom stereocenters. The summed E-state index contributed by atoms with van der Waals surface area (Å²) in [4.78, 5) is 27.8.